The molecule has 1 aromatic rings. The lowest BCUT2D eigenvalue weighted by Gasteiger charge is -2.31. The molecule has 1 saturated carbocycles. The van der Waals surface area contributed by atoms with E-state index in [0.29, 0.717) is 11.6 Å². The lowest BCUT2D eigenvalue weighted by atomic mass is 9.85. The Labute approximate surface area is 102 Å². The van der Waals surface area contributed by atoms with Gasteiger partial charge in [-0.1, -0.05) is 6.42 Å². The van der Waals surface area contributed by atoms with Gasteiger partial charge in [-0.2, -0.15) is 5.10 Å². The number of aromatic nitrogens is 2. The third kappa shape index (κ3) is 2.99. The molecule has 17 heavy (non-hydrogen) atoms. The van der Waals surface area contributed by atoms with Gasteiger partial charge in [0, 0.05) is 19.3 Å². The van der Waals surface area contributed by atoms with E-state index in [1.54, 1.807) is 17.1 Å². The van der Waals surface area contributed by atoms with Crippen LogP contribution in [0.3, 0.4) is 0 Å². The van der Waals surface area contributed by atoms with E-state index in [4.69, 9.17) is 5.73 Å². The second-order valence-electron chi connectivity index (χ2n) is 4.70. The van der Waals surface area contributed by atoms with Gasteiger partial charge in [0.2, 0.25) is 5.91 Å². The molecule has 1 aliphatic rings. The number of likely N-dealkylation sites (N-methyl/N-ethyl adjacent to an activating group) is 1. The molecular weight excluding hydrogens is 216 g/mol. The van der Waals surface area contributed by atoms with E-state index in [0.717, 1.165) is 13.1 Å². The highest BCUT2D eigenvalue weighted by atomic mass is 16.2. The summed E-state index contributed by atoms with van der Waals surface area (Å²) >= 11 is 0. The van der Waals surface area contributed by atoms with Crippen LogP contribution in [0.4, 0.5) is 5.69 Å². The molecule has 0 saturated heterocycles. The topological polar surface area (TPSA) is 64.2 Å². The summed E-state index contributed by atoms with van der Waals surface area (Å²) < 4.78 is 1.60. The van der Waals surface area contributed by atoms with Crippen molar-refractivity contribution >= 4 is 11.6 Å². The van der Waals surface area contributed by atoms with Gasteiger partial charge in [0.1, 0.15) is 6.54 Å². The molecule has 0 bridgehead atoms. The molecule has 0 aliphatic heterocycles. The van der Waals surface area contributed by atoms with Gasteiger partial charge >= 0.3 is 0 Å². The third-order valence-electron chi connectivity index (χ3n) is 3.39. The van der Waals surface area contributed by atoms with E-state index in [1.165, 1.54) is 19.3 Å². The van der Waals surface area contributed by atoms with E-state index in [9.17, 15) is 4.79 Å². The van der Waals surface area contributed by atoms with Crippen molar-refractivity contribution in [1.29, 1.82) is 0 Å². The van der Waals surface area contributed by atoms with Crippen molar-refractivity contribution in [2.24, 2.45) is 5.92 Å². The maximum absolute atomic E-state index is 12.1. The van der Waals surface area contributed by atoms with Gasteiger partial charge in [0.15, 0.2) is 0 Å². The average molecular weight is 236 g/mol. The van der Waals surface area contributed by atoms with Crippen LogP contribution < -0.4 is 5.73 Å². The predicted molar refractivity (Wildman–Crippen MR) is 66.2 cm³/mol. The van der Waals surface area contributed by atoms with Crippen LogP contribution >= 0.6 is 0 Å². The van der Waals surface area contributed by atoms with Gasteiger partial charge in [0.05, 0.1) is 11.9 Å². The van der Waals surface area contributed by atoms with E-state index in [-0.39, 0.29) is 12.5 Å². The number of nitrogens with two attached hydrogens (primary N) is 1. The number of hydrogen-bond donors (Lipinski definition) is 1. The minimum absolute atomic E-state index is 0.127. The number of carbonyl (C=O) groups is 1. The van der Waals surface area contributed by atoms with Gasteiger partial charge in [-0.25, -0.2) is 0 Å². The Morgan fingerprint density at radius 1 is 1.65 bits per heavy atom. The van der Waals surface area contributed by atoms with Crippen molar-refractivity contribution in [3.63, 3.8) is 0 Å². The van der Waals surface area contributed by atoms with Crippen molar-refractivity contribution in [3.05, 3.63) is 12.4 Å². The zero-order valence-electron chi connectivity index (χ0n) is 10.3. The predicted octanol–water partition coefficient (Wildman–Crippen LogP) is 1.11. The van der Waals surface area contributed by atoms with E-state index >= 15 is 0 Å². The number of rotatable bonds is 5. The number of nitrogens with zero attached hydrogens (tertiary/aromatic N) is 3. The minimum atomic E-state index is 0.127. The first-order valence-corrected chi connectivity index (χ1v) is 6.24. The fourth-order valence-corrected chi connectivity index (χ4v) is 2.10. The van der Waals surface area contributed by atoms with Gasteiger partial charge in [-0.15, -0.1) is 0 Å². The van der Waals surface area contributed by atoms with Crippen LogP contribution in [-0.2, 0) is 11.3 Å². The van der Waals surface area contributed by atoms with Gasteiger partial charge in [0.25, 0.3) is 0 Å². The Kier molecular flexibility index (Phi) is 3.66. The molecule has 1 fully saturated rings. The van der Waals surface area contributed by atoms with Crippen molar-refractivity contribution in [3.8, 4) is 0 Å². The zero-order chi connectivity index (χ0) is 12.3. The fraction of sp³-hybridized carbons (Fsp3) is 0.667. The van der Waals surface area contributed by atoms with Crippen LogP contribution in [0, 0.1) is 5.92 Å². The summed E-state index contributed by atoms with van der Waals surface area (Å²) in [6.45, 7) is 3.98. The quantitative estimate of drug-likeness (QED) is 0.833. The Morgan fingerprint density at radius 3 is 2.88 bits per heavy atom. The van der Waals surface area contributed by atoms with E-state index in [1.807, 2.05) is 11.8 Å². The summed E-state index contributed by atoms with van der Waals surface area (Å²) in [6, 6.07) is 0. The molecule has 0 aromatic carbocycles. The smallest absolute Gasteiger partial charge is 0.244 e. The van der Waals surface area contributed by atoms with E-state index in [2.05, 4.69) is 5.10 Å². The fourth-order valence-electron chi connectivity index (χ4n) is 2.10. The van der Waals surface area contributed by atoms with Crippen LogP contribution in [0.2, 0.25) is 0 Å². The number of nitrogen functional groups attached to an aromatic ring is 1. The highest BCUT2D eigenvalue weighted by Gasteiger charge is 2.22. The normalized spacial score (nSPS) is 15.6. The lowest BCUT2D eigenvalue weighted by Crippen LogP contribution is -2.39. The number of hydrogen-bond acceptors (Lipinski definition) is 3. The second kappa shape index (κ2) is 5.21. The first kappa shape index (κ1) is 12.0. The zero-order valence-corrected chi connectivity index (χ0v) is 10.3. The molecule has 0 spiro atoms. The standard InChI is InChI=1S/C12H20N4O/c1-2-15(7-10-4-3-5-10)12(17)9-16-8-11(13)6-14-16/h6,8,10H,2-5,7,9,13H2,1H3. The second-order valence-corrected chi connectivity index (χ2v) is 4.70. The molecule has 0 radical (unpaired) electrons. The van der Waals surface area contributed by atoms with Crippen LogP contribution in [0.25, 0.3) is 0 Å². The summed E-state index contributed by atoms with van der Waals surface area (Å²) in [6.07, 6.45) is 7.09. The first-order chi connectivity index (χ1) is 8.19. The minimum Gasteiger partial charge on any atom is -0.396 e. The van der Waals surface area contributed by atoms with Crippen LogP contribution in [-0.4, -0.2) is 33.7 Å². The molecule has 0 atom stereocenters. The molecule has 1 aliphatic carbocycles. The Bertz CT molecular complexity index is 384. The largest absolute Gasteiger partial charge is 0.396 e. The summed E-state index contributed by atoms with van der Waals surface area (Å²) in [5.74, 6) is 0.837. The van der Waals surface area contributed by atoms with Crippen molar-refractivity contribution in [2.45, 2.75) is 32.7 Å². The molecule has 2 rings (SSSR count). The van der Waals surface area contributed by atoms with Crippen molar-refractivity contribution < 1.29 is 4.79 Å². The molecule has 5 heteroatoms. The molecule has 1 heterocycles. The SMILES string of the molecule is CCN(CC1CCC1)C(=O)Cn1cc(N)cn1. The molecule has 5 nitrogen and oxygen atoms in total. The number of carbonyl (C=O) groups excluding carboxylic acids is 1. The Morgan fingerprint density at radius 2 is 2.41 bits per heavy atom. The molecule has 94 valence electrons. The van der Waals surface area contributed by atoms with Crippen LogP contribution in [0.5, 0.6) is 0 Å². The highest BCUT2D eigenvalue weighted by molar-refractivity contribution is 5.76. The van der Waals surface area contributed by atoms with Crippen LogP contribution in [0.1, 0.15) is 26.2 Å². The summed E-state index contributed by atoms with van der Waals surface area (Å²) in [5, 5.41) is 4.03. The number of anilines is 1. The van der Waals surface area contributed by atoms with E-state index < -0.39 is 0 Å². The summed E-state index contributed by atoms with van der Waals surface area (Å²) in [4.78, 5) is 14.0. The molecule has 2 N–H and O–H groups in total. The molecule has 1 amide bonds. The summed E-state index contributed by atoms with van der Waals surface area (Å²) in [7, 11) is 0. The van der Waals surface area contributed by atoms with Crippen LogP contribution in [0.15, 0.2) is 12.4 Å². The molecule has 0 unspecified atom stereocenters. The van der Waals surface area contributed by atoms with Gasteiger partial charge in [-0.3, -0.25) is 9.48 Å². The van der Waals surface area contributed by atoms with Gasteiger partial charge in [-0.05, 0) is 25.7 Å². The molecular formula is C12H20N4O. The van der Waals surface area contributed by atoms with Gasteiger partial charge < -0.3 is 10.6 Å². The third-order valence-corrected chi connectivity index (χ3v) is 3.39. The van der Waals surface area contributed by atoms with Crippen molar-refractivity contribution in [2.75, 3.05) is 18.8 Å². The summed E-state index contributed by atoms with van der Waals surface area (Å²) in [5.41, 5.74) is 6.16. The Balaban J connectivity index is 1.87. The maximum atomic E-state index is 12.1. The number of amides is 1. The highest BCUT2D eigenvalue weighted by Crippen LogP contribution is 2.27. The molecule has 1 aromatic heterocycles. The monoisotopic (exact) mass is 236 g/mol. The first-order valence-electron chi connectivity index (χ1n) is 6.24. The lowest BCUT2D eigenvalue weighted by molar-refractivity contribution is -0.132. The maximum Gasteiger partial charge on any atom is 0.244 e. The average Bonchev–Trinajstić information content (AvgIpc) is 2.62. The Hall–Kier alpha value is -1.52. The van der Waals surface area contributed by atoms with Crippen molar-refractivity contribution in [1.82, 2.24) is 14.7 Å².